The average molecular weight is 294 g/mol. The molecule has 0 bridgehead atoms. The summed E-state index contributed by atoms with van der Waals surface area (Å²) in [4.78, 5) is 5.09. The van der Waals surface area contributed by atoms with Gasteiger partial charge in [0.2, 0.25) is 0 Å². The summed E-state index contributed by atoms with van der Waals surface area (Å²) in [6, 6.07) is 15.9. The Labute approximate surface area is 134 Å². The van der Waals surface area contributed by atoms with Gasteiger partial charge in [0, 0.05) is 24.8 Å². The molecule has 2 heteroatoms. The van der Waals surface area contributed by atoms with Crippen LogP contribution in [-0.4, -0.2) is 24.7 Å². The smallest absolute Gasteiger partial charge is 0.0713 e. The molecule has 1 atom stereocenters. The molecule has 116 valence electrons. The van der Waals surface area contributed by atoms with E-state index < -0.39 is 0 Å². The van der Waals surface area contributed by atoms with Gasteiger partial charge < -0.3 is 4.90 Å². The fourth-order valence-electron chi connectivity index (χ4n) is 3.72. The Morgan fingerprint density at radius 2 is 1.55 bits per heavy atom. The lowest BCUT2D eigenvalue weighted by Gasteiger charge is -2.27. The summed E-state index contributed by atoms with van der Waals surface area (Å²) < 4.78 is 0. The third kappa shape index (κ3) is 2.89. The molecular formula is C20H26N2. The van der Waals surface area contributed by atoms with E-state index >= 15 is 0 Å². The second-order valence-electron chi connectivity index (χ2n) is 6.55. The number of hydrogen-bond donors (Lipinski definition) is 0. The van der Waals surface area contributed by atoms with Crippen molar-refractivity contribution in [1.82, 2.24) is 4.90 Å². The van der Waals surface area contributed by atoms with E-state index in [0.717, 1.165) is 19.8 Å². The molecule has 3 rings (SSSR count). The second-order valence-corrected chi connectivity index (χ2v) is 6.55. The van der Waals surface area contributed by atoms with E-state index in [-0.39, 0.29) is 0 Å². The molecule has 1 aliphatic rings. The first-order valence-corrected chi connectivity index (χ1v) is 8.18. The maximum atomic E-state index is 2.56. The molecule has 0 radical (unpaired) electrons. The van der Waals surface area contributed by atoms with Crippen molar-refractivity contribution in [3.63, 3.8) is 0 Å². The average Bonchev–Trinajstić information content (AvgIpc) is 2.96. The summed E-state index contributed by atoms with van der Waals surface area (Å²) >= 11 is 0. The number of benzene rings is 2. The molecule has 1 heterocycles. The van der Waals surface area contributed by atoms with Gasteiger partial charge in [-0.2, -0.15) is 0 Å². The monoisotopic (exact) mass is 294 g/mol. The van der Waals surface area contributed by atoms with Crippen LogP contribution in [0.25, 0.3) is 0 Å². The largest absolute Gasteiger partial charge is 0.357 e. The first kappa shape index (κ1) is 15.1. The number of hydrogen-bond acceptors (Lipinski definition) is 2. The summed E-state index contributed by atoms with van der Waals surface area (Å²) in [6.45, 7) is 12.2. The normalized spacial score (nSPS) is 17.0. The highest BCUT2D eigenvalue weighted by Gasteiger charge is 2.26. The van der Waals surface area contributed by atoms with Crippen LogP contribution in [0.2, 0.25) is 0 Å². The zero-order chi connectivity index (χ0) is 15.7. The van der Waals surface area contributed by atoms with Crippen molar-refractivity contribution < 1.29 is 0 Å². The lowest BCUT2D eigenvalue weighted by atomic mass is 10.0. The van der Waals surface area contributed by atoms with Gasteiger partial charge in [0.25, 0.3) is 0 Å². The molecule has 1 aliphatic heterocycles. The summed E-state index contributed by atoms with van der Waals surface area (Å²) in [5.74, 6) is 0. The summed E-state index contributed by atoms with van der Waals surface area (Å²) in [6.07, 6.45) is 0. The molecule has 0 saturated carbocycles. The Kier molecular flexibility index (Phi) is 4.21. The minimum Gasteiger partial charge on any atom is -0.357 e. The Balaban J connectivity index is 1.78. The molecule has 1 fully saturated rings. The van der Waals surface area contributed by atoms with Crippen molar-refractivity contribution >= 4 is 5.69 Å². The maximum absolute atomic E-state index is 2.56. The van der Waals surface area contributed by atoms with E-state index in [4.69, 9.17) is 0 Å². The van der Waals surface area contributed by atoms with Crippen molar-refractivity contribution in [2.24, 2.45) is 0 Å². The highest BCUT2D eigenvalue weighted by atomic mass is 15.4. The van der Waals surface area contributed by atoms with E-state index in [9.17, 15) is 0 Å². The van der Waals surface area contributed by atoms with Gasteiger partial charge in [-0.05, 0) is 44.4 Å². The summed E-state index contributed by atoms with van der Waals surface area (Å²) in [5, 5.41) is 0. The summed E-state index contributed by atoms with van der Waals surface area (Å²) in [5.41, 5.74) is 6.97. The van der Waals surface area contributed by atoms with Gasteiger partial charge in [-0.3, -0.25) is 4.90 Å². The lowest BCUT2D eigenvalue weighted by molar-refractivity contribution is 0.265. The van der Waals surface area contributed by atoms with Crippen molar-refractivity contribution in [1.29, 1.82) is 0 Å². The Bertz CT molecular complexity index is 625. The fraction of sp³-hybridized carbons (Fsp3) is 0.400. The van der Waals surface area contributed by atoms with Gasteiger partial charge in [-0.15, -0.1) is 0 Å². The molecule has 1 unspecified atom stereocenters. The lowest BCUT2D eigenvalue weighted by Crippen LogP contribution is -2.28. The molecule has 2 nitrogen and oxygen atoms in total. The summed E-state index contributed by atoms with van der Waals surface area (Å²) in [7, 11) is 0. The van der Waals surface area contributed by atoms with Gasteiger partial charge in [-0.25, -0.2) is 0 Å². The molecule has 0 aliphatic carbocycles. The van der Waals surface area contributed by atoms with Crippen LogP contribution in [0.3, 0.4) is 0 Å². The van der Waals surface area contributed by atoms with Gasteiger partial charge >= 0.3 is 0 Å². The Morgan fingerprint density at radius 3 is 2.18 bits per heavy atom. The van der Waals surface area contributed by atoms with Crippen LogP contribution >= 0.6 is 0 Å². The van der Waals surface area contributed by atoms with Crippen LogP contribution in [0.4, 0.5) is 5.69 Å². The number of rotatable bonds is 3. The fourth-order valence-corrected chi connectivity index (χ4v) is 3.72. The van der Waals surface area contributed by atoms with Gasteiger partial charge in [-0.1, -0.05) is 48.0 Å². The quantitative estimate of drug-likeness (QED) is 0.825. The maximum Gasteiger partial charge on any atom is 0.0713 e. The van der Waals surface area contributed by atoms with Crippen LogP contribution in [0, 0.1) is 20.8 Å². The molecule has 2 aromatic carbocycles. The SMILES string of the molecule is Cc1cc(C)c(N2CCN(C(C)c3ccccc3)C2)c(C)c1. The van der Waals surface area contributed by atoms with Gasteiger partial charge in [0.05, 0.1) is 6.67 Å². The highest BCUT2D eigenvalue weighted by molar-refractivity contribution is 5.60. The molecule has 0 N–H and O–H groups in total. The van der Waals surface area contributed by atoms with E-state index in [1.54, 1.807) is 0 Å². The third-order valence-corrected chi connectivity index (χ3v) is 4.79. The molecule has 22 heavy (non-hydrogen) atoms. The van der Waals surface area contributed by atoms with E-state index in [1.165, 1.54) is 27.9 Å². The highest BCUT2D eigenvalue weighted by Crippen LogP contribution is 2.31. The second kappa shape index (κ2) is 6.13. The first-order valence-electron chi connectivity index (χ1n) is 8.18. The number of aryl methyl sites for hydroxylation is 3. The van der Waals surface area contributed by atoms with Crippen molar-refractivity contribution in [3.05, 3.63) is 64.7 Å². The number of anilines is 1. The standard InChI is InChI=1S/C20H26N2/c1-15-12-16(2)20(17(3)13-15)22-11-10-21(14-22)18(4)19-8-6-5-7-9-19/h5-9,12-13,18H,10-11,14H2,1-4H3. The van der Waals surface area contributed by atoms with Crippen LogP contribution < -0.4 is 4.90 Å². The number of nitrogens with zero attached hydrogens (tertiary/aromatic N) is 2. The Morgan fingerprint density at radius 1 is 0.909 bits per heavy atom. The molecular weight excluding hydrogens is 268 g/mol. The van der Waals surface area contributed by atoms with E-state index in [2.05, 4.69) is 80.0 Å². The molecule has 1 saturated heterocycles. The molecule has 0 spiro atoms. The predicted octanol–water partition coefficient (Wildman–Crippen LogP) is 4.45. The van der Waals surface area contributed by atoms with Crippen LogP contribution in [-0.2, 0) is 0 Å². The van der Waals surface area contributed by atoms with Gasteiger partial charge in [0.1, 0.15) is 0 Å². The molecule has 0 aromatic heterocycles. The third-order valence-electron chi connectivity index (χ3n) is 4.79. The van der Waals surface area contributed by atoms with E-state index in [0.29, 0.717) is 6.04 Å². The zero-order valence-corrected chi connectivity index (χ0v) is 14.1. The van der Waals surface area contributed by atoms with Gasteiger partial charge in [0.15, 0.2) is 0 Å². The van der Waals surface area contributed by atoms with E-state index in [1.807, 2.05) is 0 Å². The minimum atomic E-state index is 0.470. The van der Waals surface area contributed by atoms with Crippen LogP contribution in [0.1, 0.15) is 35.2 Å². The van der Waals surface area contributed by atoms with Crippen LogP contribution in [0.5, 0.6) is 0 Å². The minimum absolute atomic E-state index is 0.470. The van der Waals surface area contributed by atoms with Crippen LogP contribution in [0.15, 0.2) is 42.5 Å². The first-order chi connectivity index (χ1) is 10.6. The topological polar surface area (TPSA) is 6.48 Å². The van der Waals surface area contributed by atoms with Crippen molar-refractivity contribution in [2.45, 2.75) is 33.7 Å². The van der Waals surface area contributed by atoms with Crippen molar-refractivity contribution in [3.8, 4) is 0 Å². The predicted molar refractivity (Wildman–Crippen MR) is 94.4 cm³/mol. The zero-order valence-electron chi connectivity index (χ0n) is 14.1. The molecule has 0 amide bonds. The Hall–Kier alpha value is -1.80. The van der Waals surface area contributed by atoms with Crippen molar-refractivity contribution in [2.75, 3.05) is 24.7 Å². The molecule has 2 aromatic rings.